The van der Waals surface area contributed by atoms with Gasteiger partial charge in [0.2, 0.25) is 0 Å². The van der Waals surface area contributed by atoms with Crippen LogP contribution in [-0.4, -0.2) is 34.4 Å². The molecule has 4 nitrogen and oxygen atoms in total. The van der Waals surface area contributed by atoms with Gasteiger partial charge in [-0.2, -0.15) is 0 Å². The molecule has 0 saturated heterocycles. The van der Waals surface area contributed by atoms with Gasteiger partial charge in [-0.25, -0.2) is 4.79 Å². The molecule has 0 fully saturated rings. The van der Waals surface area contributed by atoms with Crippen molar-refractivity contribution in [2.24, 2.45) is 5.92 Å². The van der Waals surface area contributed by atoms with Crippen LogP contribution >= 0.6 is 0 Å². The van der Waals surface area contributed by atoms with Crippen LogP contribution in [0.15, 0.2) is 0 Å². The van der Waals surface area contributed by atoms with Crippen LogP contribution in [0.25, 0.3) is 0 Å². The van der Waals surface area contributed by atoms with Crippen LogP contribution in [0.4, 0.5) is 0 Å². The second-order valence-electron chi connectivity index (χ2n) is 4.22. The number of hydrogen-bond acceptors (Lipinski definition) is 3. The van der Waals surface area contributed by atoms with Crippen LogP contribution in [0.5, 0.6) is 0 Å². The number of carbonyl (C=O) groups is 1. The molecule has 0 aromatic rings. The fourth-order valence-corrected chi connectivity index (χ4v) is 1.26. The Labute approximate surface area is 85.3 Å². The third-order valence-electron chi connectivity index (χ3n) is 2.41. The number of carboxylic acid groups (broad SMARTS) is 1. The zero-order chi connectivity index (χ0) is 11.4. The van der Waals surface area contributed by atoms with Crippen LogP contribution in [0.2, 0.25) is 0 Å². The van der Waals surface area contributed by atoms with Gasteiger partial charge in [0.25, 0.3) is 0 Å². The summed E-state index contributed by atoms with van der Waals surface area (Å²) in [7, 11) is 0. The topological polar surface area (TPSA) is 69.6 Å². The van der Waals surface area contributed by atoms with Gasteiger partial charge in [-0.05, 0) is 19.3 Å². The first-order valence-corrected chi connectivity index (χ1v) is 5.00. The summed E-state index contributed by atoms with van der Waals surface area (Å²) in [5.41, 5.74) is -1.68. The molecule has 4 heteroatoms. The Morgan fingerprint density at radius 1 is 1.50 bits per heavy atom. The summed E-state index contributed by atoms with van der Waals surface area (Å²) in [6.45, 7) is 7.55. The van der Waals surface area contributed by atoms with E-state index in [2.05, 4.69) is 19.2 Å². The van der Waals surface area contributed by atoms with E-state index in [1.54, 1.807) is 0 Å². The average Bonchev–Trinajstić information content (AvgIpc) is 2.04. The maximum absolute atomic E-state index is 10.6. The number of aliphatic carboxylic acids is 1. The van der Waals surface area contributed by atoms with Crippen molar-refractivity contribution in [1.29, 1.82) is 0 Å². The van der Waals surface area contributed by atoms with Gasteiger partial charge in [-0.1, -0.05) is 20.8 Å². The van der Waals surface area contributed by atoms with Crippen molar-refractivity contribution < 1.29 is 15.0 Å². The first-order valence-electron chi connectivity index (χ1n) is 5.00. The normalized spacial score (nSPS) is 17.9. The Kier molecular flexibility index (Phi) is 5.08. The van der Waals surface area contributed by atoms with E-state index in [1.807, 2.05) is 6.92 Å². The molecule has 0 rings (SSSR count). The number of aliphatic hydroxyl groups is 1. The molecule has 0 bridgehead atoms. The van der Waals surface area contributed by atoms with Crippen molar-refractivity contribution in [1.82, 2.24) is 5.32 Å². The summed E-state index contributed by atoms with van der Waals surface area (Å²) in [6.07, 6.45) is 0.924. The molecule has 0 aromatic carbocycles. The van der Waals surface area contributed by atoms with Crippen LogP contribution < -0.4 is 5.32 Å². The fourth-order valence-electron chi connectivity index (χ4n) is 1.26. The maximum atomic E-state index is 10.6. The standard InChI is InChI=1S/C10H21NO3/c1-5-8(7(2)3)11-6-10(4,14)9(12)13/h7-8,11,14H,5-6H2,1-4H3,(H,12,13). The summed E-state index contributed by atoms with van der Waals surface area (Å²) in [4.78, 5) is 10.6. The van der Waals surface area contributed by atoms with Crippen molar-refractivity contribution in [3.05, 3.63) is 0 Å². The third-order valence-corrected chi connectivity index (χ3v) is 2.41. The Morgan fingerprint density at radius 3 is 2.29 bits per heavy atom. The molecule has 0 aliphatic carbocycles. The van der Waals surface area contributed by atoms with Gasteiger partial charge >= 0.3 is 5.97 Å². The lowest BCUT2D eigenvalue weighted by atomic mass is 10.00. The van der Waals surface area contributed by atoms with E-state index in [-0.39, 0.29) is 12.6 Å². The molecule has 0 amide bonds. The molecule has 0 aliphatic rings. The van der Waals surface area contributed by atoms with Gasteiger partial charge < -0.3 is 15.5 Å². The SMILES string of the molecule is CCC(NCC(C)(O)C(=O)O)C(C)C. The number of nitrogens with one attached hydrogen (secondary N) is 1. The van der Waals surface area contributed by atoms with Gasteiger partial charge in [0.05, 0.1) is 0 Å². The van der Waals surface area contributed by atoms with Gasteiger partial charge in [-0.3, -0.25) is 0 Å². The molecule has 84 valence electrons. The van der Waals surface area contributed by atoms with E-state index >= 15 is 0 Å². The summed E-state index contributed by atoms with van der Waals surface area (Å²) in [6, 6.07) is 0.251. The van der Waals surface area contributed by atoms with Gasteiger partial charge in [0.1, 0.15) is 0 Å². The van der Waals surface area contributed by atoms with Crippen LogP contribution in [0.3, 0.4) is 0 Å². The molecule has 0 spiro atoms. The van der Waals surface area contributed by atoms with Crippen molar-refractivity contribution in [2.45, 2.75) is 45.8 Å². The second-order valence-corrected chi connectivity index (χ2v) is 4.22. The predicted octanol–water partition coefficient (Wildman–Crippen LogP) is 0.846. The van der Waals surface area contributed by atoms with Gasteiger partial charge in [0, 0.05) is 12.6 Å². The Balaban J connectivity index is 4.09. The molecular formula is C10H21NO3. The quantitative estimate of drug-likeness (QED) is 0.598. The Bertz CT molecular complexity index is 190. The first kappa shape index (κ1) is 13.4. The minimum absolute atomic E-state index is 0.0824. The lowest BCUT2D eigenvalue weighted by molar-refractivity contribution is -0.156. The lowest BCUT2D eigenvalue weighted by Gasteiger charge is -2.25. The molecule has 0 heterocycles. The van der Waals surface area contributed by atoms with Crippen molar-refractivity contribution in [3.8, 4) is 0 Å². The Morgan fingerprint density at radius 2 is 2.00 bits per heavy atom. The van der Waals surface area contributed by atoms with E-state index in [1.165, 1.54) is 6.92 Å². The molecule has 14 heavy (non-hydrogen) atoms. The third kappa shape index (κ3) is 4.07. The van der Waals surface area contributed by atoms with Crippen LogP contribution in [-0.2, 0) is 4.79 Å². The summed E-state index contributed by atoms with van der Waals surface area (Å²) >= 11 is 0. The van der Waals surface area contributed by atoms with Crippen LogP contribution in [0, 0.1) is 5.92 Å². The molecule has 3 N–H and O–H groups in total. The van der Waals surface area contributed by atoms with Gasteiger partial charge in [-0.15, -0.1) is 0 Å². The predicted molar refractivity (Wildman–Crippen MR) is 55.2 cm³/mol. The highest BCUT2D eigenvalue weighted by atomic mass is 16.4. The molecule has 0 radical (unpaired) electrons. The van der Waals surface area contributed by atoms with Crippen molar-refractivity contribution in [2.75, 3.05) is 6.54 Å². The van der Waals surface area contributed by atoms with E-state index in [9.17, 15) is 9.90 Å². The van der Waals surface area contributed by atoms with E-state index in [0.29, 0.717) is 5.92 Å². The summed E-state index contributed by atoms with van der Waals surface area (Å²) < 4.78 is 0. The molecule has 0 aliphatic heterocycles. The minimum atomic E-state index is -1.68. The fraction of sp³-hybridized carbons (Fsp3) is 0.900. The number of carboxylic acids is 1. The second kappa shape index (κ2) is 5.32. The zero-order valence-electron chi connectivity index (χ0n) is 9.37. The zero-order valence-corrected chi connectivity index (χ0v) is 9.37. The molecule has 0 saturated carbocycles. The molecule has 2 unspecified atom stereocenters. The smallest absolute Gasteiger partial charge is 0.336 e. The van der Waals surface area contributed by atoms with E-state index in [0.717, 1.165) is 6.42 Å². The number of hydrogen-bond donors (Lipinski definition) is 3. The molecular weight excluding hydrogens is 182 g/mol. The van der Waals surface area contributed by atoms with Crippen molar-refractivity contribution >= 4 is 5.97 Å². The van der Waals surface area contributed by atoms with Crippen molar-refractivity contribution in [3.63, 3.8) is 0 Å². The Hall–Kier alpha value is -0.610. The highest BCUT2D eigenvalue weighted by Gasteiger charge is 2.30. The average molecular weight is 203 g/mol. The highest BCUT2D eigenvalue weighted by molar-refractivity contribution is 5.76. The molecule has 2 atom stereocenters. The maximum Gasteiger partial charge on any atom is 0.336 e. The number of rotatable bonds is 6. The summed E-state index contributed by atoms with van der Waals surface area (Å²) in [5.74, 6) is -0.756. The minimum Gasteiger partial charge on any atom is -0.479 e. The highest BCUT2D eigenvalue weighted by Crippen LogP contribution is 2.08. The molecule has 0 aromatic heterocycles. The van der Waals surface area contributed by atoms with Crippen LogP contribution in [0.1, 0.15) is 34.1 Å². The largest absolute Gasteiger partial charge is 0.479 e. The van der Waals surface area contributed by atoms with E-state index < -0.39 is 11.6 Å². The van der Waals surface area contributed by atoms with Gasteiger partial charge in [0.15, 0.2) is 5.60 Å². The monoisotopic (exact) mass is 203 g/mol. The van der Waals surface area contributed by atoms with E-state index in [4.69, 9.17) is 5.11 Å². The summed E-state index contributed by atoms with van der Waals surface area (Å²) in [5, 5.41) is 21.2. The lowest BCUT2D eigenvalue weighted by Crippen LogP contribution is -2.48. The first-order chi connectivity index (χ1) is 6.31.